The molecule has 0 aromatic heterocycles. The van der Waals surface area contributed by atoms with Crippen molar-refractivity contribution in [2.24, 2.45) is 0 Å². The van der Waals surface area contributed by atoms with Crippen molar-refractivity contribution in [1.29, 1.82) is 0 Å². The first-order valence-corrected chi connectivity index (χ1v) is 9.11. The Morgan fingerprint density at radius 1 is 1.22 bits per heavy atom. The Kier molecular flexibility index (Phi) is 5.72. The summed E-state index contributed by atoms with van der Waals surface area (Å²) in [5, 5.41) is 0. The smallest absolute Gasteiger partial charge is 0.241 e. The number of piperazine rings is 1. The molecule has 6 nitrogen and oxygen atoms in total. The molecule has 1 N–H and O–H groups in total. The summed E-state index contributed by atoms with van der Waals surface area (Å²) in [6.45, 7) is 7.30. The first kappa shape index (κ1) is 17.8. The Balaban J connectivity index is 1.99. The number of hydrogen-bond acceptors (Lipinski definition) is 4. The summed E-state index contributed by atoms with van der Waals surface area (Å²) < 4.78 is 39.7. The van der Waals surface area contributed by atoms with Crippen LogP contribution in [-0.2, 0) is 14.8 Å². The standard InChI is InChI=1S/C15H22FN3O3S/c1-3-18-8-10-19(11-9-18)15(20)12(2)17-23(21,22)14-6-4-13(16)5-7-14/h4-7,12,17H,3,8-11H2,1-2H3/t12-/m1/s1. The Morgan fingerprint density at radius 2 is 1.78 bits per heavy atom. The number of nitrogens with zero attached hydrogens (tertiary/aromatic N) is 2. The van der Waals surface area contributed by atoms with Crippen LogP contribution in [0.5, 0.6) is 0 Å². The van der Waals surface area contributed by atoms with E-state index in [0.29, 0.717) is 13.1 Å². The minimum Gasteiger partial charge on any atom is -0.339 e. The molecule has 23 heavy (non-hydrogen) atoms. The van der Waals surface area contributed by atoms with Gasteiger partial charge in [-0.3, -0.25) is 4.79 Å². The number of amides is 1. The van der Waals surface area contributed by atoms with Gasteiger partial charge in [0.05, 0.1) is 10.9 Å². The minimum absolute atomic E-state index is 0.0608. The van der Waals surface area contributed by atoms with E-state index in [9.17, 15) is 17.6 Å². The molecule has 0 saturated carbocycles. The molecule has 1 amide bonds. The van der Waals surface area contributed by atoms with Crippen molar-refractivity contribution in [3.8, 4) is 0 Å². The number of carbonyl (C=O) groups excluding carboxylic acids is 1. The van der Waals surface area contributed by atoms with E-state index in [1.807, 2.05) is 0 Å². The molecule has 1 saturated heterocycles. The predicted octanol–water partition coefficient (Wildman–Crippen LogP) is 0.657. The summed E-state index contributed by atoms with van der Waals surface area (Å²) >= 11 is 0. The summed E-state index contributed by atoms with van der Waals surface area (Å²) in [7, 11) is -3.85. The van der Waals surface area contributed by atoms with E-state index >= 15 is 0 Å². The van der Waals surface area contributed by atoms with Crippen LogP contribution in [0.1, 0.15) is 13.8 Å². The molecule has 0 radical (unpaired) electrons. The van der Waals surface area contributed by atoms with Crippen LogP contribution < -0.4 is 4.72 Å². The van der Waals surface area contributed by atoms with Crippen LogP contribution in [0.15, 0.2) is 29.2 Å². The Morgan fingerprint density at radius 3 is 2.30 bits per heavy atom. The van der Waals surface area contributed by atoms with E-state index in [1.165, 1.54) is 19.1 Å². The maximum absolute atomic E-state index is 12.9. The molecule has 1 fully saturated rings. The maximum Gasteiger partial charge on any atom is 0.241 e. The van der Waals surface area contributed by atoms with Crippen molar-refractivity contribution >= 4 is 15.9 Å². The van der Waals surface area contributed by atoms with Crippen LogP contribution in [0.25, 0.3) is 0 Å². The summed E-state index contributed by atoms with van der Waals surface area (Å²) in [6, 6.07) is 3.64. The van der Waals surface area contributed by atoms with Gasteiger partial charge >= 0.3 is 0 Å². The van der Waals surface area contributed by atoms with Gasteiger partial charge in [0.25, 0.3) is 0 Å². The minimum atomic E-state index is -3.85. The van der Waals surface area contributed by atoms with Gasteiger partial charge in [0.2, 0.25) is 15.9 Å². The fourth-order valence-corrected chi connectivity index (χ4v) is 3.72. The lowest BCUT2D eigenvalue weighted by molar-refractivity contribution is -0.134. The number of rotatable bonds is 5. The molecule has 8 heteroatoms. The van der Waals surface area contributed by atoms with E-state index in [1.54, 1.807) is 4.90 Å². The Hall–Kier alpha value is -1.51. The van der Waals surface area contributed by atoms with E-state index in [4.69, 9.17) is 0 Å². The van der Waals surface area contributed by atoms with Crippen molar-refractivity contribution in [1.82, 2.24) is 14.5 Å². The molecule has 1 aromatic rings. The van der Waals surface area contributed by atoms with Crippen molar-refractivity contribution in [3.63, 3.8) is 0 Å². The summed E-state index contributed by atoms with van der Waals surface area (Å²) in [5.41, 5.74) is 0. The lowest BCUT2D eigenvalue weighted by Gasteiger charge is -2.35. The molecule has 2 rings (SSSR count). The van der Waals surface area contributed by atoms with Gasteiger partial charge in [-0.2, -0.15) is 4.72 Å². The zero-order valence-corrected chi connectivity index (χ0v) is 14.1. The number of sulfonamides is 1. The fourth-order valence-electron chi connectivity index (χ4n) is 2.52. The molecule has 1 aromatic carbocycles. The zero-order valence-electron chi connectivity index (χ0n) is 13.3. The summed E-state index contributed by atoms with van der Waals surface area (Å²) in [4.78, 5) is 16.2. The molecule has 1 aliphatic heterocycles. The van der Waals surface area contributed by atoms with E-state index in [-0.39, 0.29) is 10.8 Å². The second kappa shape index (κ2) is 7.37. The topological polar surface area (TPSA) is 69.7 Å². The summed E-state index contributed by atoms with van der Waals surface area (Å²) in [5.74, 6) is -0.756. The molecule has 0 unspecified atom stereocenters. The van der Waals surface area contributed by atoms with Gasteiger partial charge in [0, 0.05) is 26.2 Å². The van der Waals surface area contributed by atoms with Crippen molar-refractivity contribution in [3.05, 3.63) is 30.1 Å². The van der Waals surface area contributed by atoms with E-state index < -0.39 is 21.9 Å². The molecule has 0 bridgehead atoms. The van der Waals surface area contributed by atoms with Crippen LogP contribution in [0.3, 0.4) is 0 Å². The second-order valence-electron chi connectivity index (χ2n) is 5.56. The molecule has 128 valence electrons. The normalized spacial score (nSPS) is 18.0. The number of halogens is 1. The Bertz CT molecular complexity index is 640. The molecule has 0 spiro atoms. The highest BCUT2D eigenvalue weighted by Crippen LogP contribution is 2.11. The zero-order chi connectivity index (χ0) is 17.0. The number of benzene rings is 1. The van der Waals surface area contributed by atoms with Crippen molar-refractivity contribution in [2.45, 2.75) is 24.8 Å². The lowest BCUT2D eigenvalue weighted by atomic mass is 10.2. The quantitative estimate of drug-likeness (QED) is 0.853. The first-order chi connectivity index (χ1) is 10.8. The highest BCUT2D eigenvalue weighted by Gasteiger charge is 2.27. The lowest BCUT2D eigenvalue weighted by Crippen LogP contribution is -2.54. The van der Waals surface area contributed by atoms with Crippen LogP contribution >= 0.6 is 0 Å². The molecule has 1 atom stereocenters. The SMILES string of the molecule is CCN1CCN(C(=O)[C@@H](C)NS(=O)(=O)c2ccc(F)cc2)CC1. The van der Waals surface area contributed by atoms with Crippen LogP contribution in [-0.4, -0.2) is 62.9 Å². The number of likely N-dealkylation sites (N-methyl/N-ethyl adjacent to an activating group) is 1. The molecule has 1 heterocycles. The number of nitrogens with one attached hydrogen (secondary N) is 1. The van der Waals surface area contributed by atoms with Crippen LogP contribution in [0, 0.1) is 5.82 Å². The van der Waals surface area contributed by atoms with Gasteiger partial charge in [0.15, 0.2) is 0 Å². The van der Waals surface area contributed by atoms with Crippen LogP contribution in [0.2, 0.25) is 0 Å². The Labute approximate surface area is 136 Å². The third-order valence-electron chi connectivity index (χ3n) is 3.96. The maximum atomic E-state index is 12.9. The van der Waals surface area contributed by atoms with Gasteiger partial charge in [-0.05, 0) is 37.7 Å². The highest BCUT2D eigenvalue weighted by molar-refractivity contribution is 7.89. The van der Waals surface area contributed by atoms with Gasteiger partial charge in [-0.1, -0.05) is 6.92 Å². The highest BCUT2D eigenvalue weighted by atomic mass is 32.2. The second-order valence-corrected chi connectivity index (χ2v) is 7.27. The van der Waals surface area contributed by atoms with Crippen molar-refractivity contribution < 1.29 is 17.6 Å². The first-order valence-electron chi connectivity index (χ1n) is 7.62. The van der Waals surface area contributed by atoms with Gasteiger partial charge < -0.3 is 9.80 Å². The van der Waals surface area contributed by atoms with E-state index in [2.05, 4.69) is 16.5 Å². The molecule has 0 aliphatic carbocycles. The fraction of sp³-hybridized carbons (Fsp3) is 0.533. The monoisotopic (exact) mass is 343 g/mol. The van der Waals surface area contributed by atoms with Gasteiger partial charge in [-0.15, -0.1) is 0 Å². The molecular formula is C15H22FN3O3S. The molecule has 1 aliphatic rings. The largest absolute Gasteiger partial charge is 0.339 e. The molecular weight excluding hydrogens is 321 g/mol. The van der Waals surface area contributed by atoms with E-state index in [0.717, 1.165) is 31.8 Å². The average Bonchev–Trinajstić information content (AvgIpc) is 2.54. The van der Waals surface area contributed by atoms with Gasteiger partial charge in [0.1, 0.15) is 5.82 Å². The third-order valence-corrected chi connectivity index (χ3v) is 5.51. The average molecular weight is 343 g/mol. The van der Waals surface area contributed by atoms with Crippen LogP contribution in [0.4, 0.5) is 4.39 Å². The van der Waals surface area contributed by atoms with Crippen molar-refractivity contribution in [2.75, 3.05) is 32.7 Å². The van der Waals surface area contributed by atoms with Gasteiger partial charge in [-0.25, -0.2) is 12.8 Å². The summed E-state index contributed by atoms with van der Waals surface area (Å²) in [6.07, 6.45) is 0. The third kappa shape index (κ3) is 4.49. The number of hydrogen-bond donors (Lipinski definition) is 1. The number of carbonyl (C=O) groups is 1. The predicted molar refractivity (Wildman–Crippen MR) is 84.9 cm³/mol.